The van der Waals surface area contributed by atoms with E-state index in [0.29, 0.717) is 29.1 Å². The predicted molar refractivity (Wildman–Crippen MR) is 93.1 cm³/mol. The molecule has 1 saturated heterocycles. The molecule has 4 nitrogen and oxygen atoms in total. The van der Waals surface area contributed by atoms with E-state index in [1.807, 2.05) is 11.3 Å². The van der Waals surface area contributed by atoms with Gasteiger partial charge in [-0.1, -0.05) is 20.8 Å². The molecular weight excluding hydrogens is 320 g/mol. The second-order valence-corrected chi connectivity index (χ2v) is 9.84. The SMILES string of the molecule is CC(C)(C)C1CCc2sc(-c3nnc(C4[C@H]5COC[C@@H]45)o3)cc2C1. The molecule has 4 atom stereocenters. The van der Waals surface area contributed by atoms with E-state index in [2.05, 4.69) is 37.0 Å². The molecule has 1 saturated carbocycles. The first-order valence-electron chi connectivity index (χ1n) is 9.04. The minimum absolute atomic E-state index is 0.378. The number of ether oxygens (including phenoxy) is 1. The molecule has 0 aromatic carbocycles. The number of rotatable bonds is 2. The summed E-state index contributed by atoms with van der Waals surface area (Å²) in [6.45, 7) is 8.78. The van der Waals surface area contributed by atoms with E-state index in [4.69, 9.17) is 9.15 Å². The van der Waals surface area contributed by atoms with Gasteiger partial charge in [0, 0.05) is 10.8 Å². The molecule has 2 aromatic rings. The summed E-state index contributed by atoms with van der Waals surface area (Å²) >= 11 is 1.85. The average molecular weight is 344 g/mol. The lowest BCUT2D eigenvalue weighted by Gasteiger charge is -2.33. The molecule has 3 heterocycles. The molecule has 5 heteroatoms. The average Bonchev–Trinajstić information content (AvgIpc) is 3.05. The minimum Gasteiger partial charge on any atom is -0.420 e. The van der Waals surface area contributed by atoms with Crippen LogP contribution in [0.4, 0.5) is 0 Å². The highest BCUT2D eigenvalue weighted by Gasteiger charge is 2.57. The van der Waals surface area contributed by atoms with Crippen LogP contribution in [0.2, 0.25) is 0 Å². The van der Waals surface area contributed by atoms with E-state index in [9.17, 15) is 0 Å². The van der Waals surface area contributed by atoms with Gasteiger partial charge >= 0.3 is 0 Å². The summed E-state index contributed by atoms with van der Waals surface area (Å²) in [5.74, 6) is 3.96. The van der Waals surface area contributed by atoms with Crippen molar-refractivity contribution in [2.75, 3.05) is 13.2 Å². The summed E-state index contributed by atoms with van der Waals surface area (Å²) in [5, 5.41) is 8.67. The number of fused-ring (bicyclic) bond motifs is 2. The Balaban J connectivity index is 1.37. The molecule has 1 aliphatic heterocycles. The van der Waals surface area contributed by atoms with E-state index in [0.717, 1.165) is 29.9 Å². The van der Waals surface area contributed by atoms with Crippen LogP contribution in [-0.2, 0) is 17.6 Å². The van der Waals surface area contributed by atoms with Gasteiger partial charge in [-0.2, -0.15) is 0 Å². The van der Waals surface area contributed by atoms with Crippen molar-refractivity contribution in [3.8, 4) is 10.8 Å². The smallest absolute Gasteiger partial charge is 0.257 e. The lowest BCUT2D eigenvalue weighted by Crippen LogP contribution is -2.26. The first-order valence-corrected chi connectivity index (χ1v) is 9.85. The number of aromatic nitrogens is 2. The van der Waals surface area contributed by atoms with Crippen molar-refractivity contribution in [2.45, 2.75) is 46.0 Å². The molecule has 24 heavy (non-hydrogen) atoms. The molecule has 0 N–H and O–H groups in total. The lowest BCUT2D eigenvalue weighted by atomic mass is 9.72. The molecule has 2 aliphatic carbocycles. The summed E-state index contributed by atoms with van der Waals surface area (Å²) in [5.41, 5.74) is 1.88. The third kappa shape index (κ3) is 2.36. The van der Waals surface area contributed by atoms with Crippen molar-refractivity contribution in [1.82, 2.24) is 10.2 Å². The van der Waals surface area contributed by atoms with Gasteiger partial charge < -0.3 is 9.15 Å². The van der Waals surface area contributed by atoms with E-state index in [-0.39, 0.29) is 0 Å². The molecule has 0 bridgehead atoms. The van der Waals surface area contributed by atoms with Crippen LogP contribution in [-0.4, -0.2) is 23.4 Å². The van der Waals surface area contributed by atoms with Crippen molar-refractivity contribution < 1.29 is 9.15 Å². The van der Waals surface area contributed by atoms with Gasteiger partial charge in [0.15, 0.2) is 0 Å². The van der Waals surface area contributed by atoms with Crippen molar-refractivity contribution in [1.29, 1.82) is 0 Å². The lowest BCUT2D eigenvalue weighted by molar-refractivity contribution is 0.157. The monoisotopic (exact) mass is 344 g/mol. The molecule has 128 valence electrons. The Hall–Kier alpha value is -1.20. The maximum Gasteiger partial charge on any atom is 0.257 e. The zero-order valence-electron chi connectivity index (χ0n) is 14.5. The van der Waals surface area contributed by atoms with Crippen molar-refractivity contribution in [2.24, 2.45) is 23.2 Å². The van der Waals surface area contributed by atoms with Gasteiger partial charge in [0.2, 0.25) is 5.89 Å². The quantitative estimate of drug-likeness (QED) is 0.814. The Morgan fingerprint density at radius 1 is 1.17 bits per heavy atom. The molecule has 2 fully saturated rings. The fourth-order valence-electron chi connectivity index (χ4n) is 4.44. The van der Waals surface area contributed by atoms with Crippen LogP contribution < -0.4 is 0 Å². The Morgan fingerprint density at radius 3 is 2.71 bits per heavy atom. The first kappa shape index (κ1) is 15.1. The highest BCUT2D eigenvalue weighted by Crippen LogP contribution is 2.57. The number of nitrogens with zero attached hydrogens (tertiary/aromatic N) is 2. The standard InChI is InChI=1S/C19H24N2O2S/c1-19(2,3)11-4-5-14-10(6-11)7-15(24-14)17-20-21-18(23-17)16-12-8-22-9-13(12)16/h7,11-13,16H,4-6,8-9H2,1-3H3/t11?,12-,13+,16?. The third-order valence-electron chi connectivity index (χ3n) is 6.20. The van der Waals surface area contributed by atoms with Crippen LogP contribution in [0, 0.1) is 23.2 Å². The number of hydrogen-bond acceptors (Lipinski definition) is 5. The van der Waals surface area contributed by atoms with Gasteiger partial charge in [-0.3, -0.25) is 0 Å². The van der Waals surface area contributed by atoms with E-state index < -0.39 is 0 Å². The molecule has 5 rings (SSSR count). The maximum atomic E-state index is 6.03. The zero-order chi connectivity index (χ0) is 16.5. The summed E-state index contributed by atoms with van der Waals surface area (Å²) < 4.78 is 11.5. The van der Waals surface area contributed by atoms with Gasteiger partial charge in [0.1, 0.15) is 0 Å². The Labute approximate surface area is 146 Å². The topological polar surface area (TPSA) is 48.2 Å². The Bertz CT molecular complexity index is 763. The molecule has 0 spiro atoms. The van der Waals surface area contributed by atoms with Crippen LogP contribution in [0.15, 0.2) is 10.5 Å². The third-order valence-corrected chi connectivity index (χ3v) is 7.42. The van der Waals surface area contributed by atoms with Gasteiger partial charge in [-0.15, -0.1) is 21.5 Å². The summed E-state index contributed by atoms with van der Waals surface area (Å²) in [7, 11) is 0. The number of hydrogen-bond donors (Lipinski definition) is 0. The van der Waals surface area contributed by atoms with Gasteiger partial charge in [0.05, 0.1) is 18.1 Å². The van der Waals surface area contributed by atoms with Gasteiger partial charge in [-0.05, 0) is 54.1 Å². The normalized spacial score (nSPS) is 31.8. The fourth-order valence-corrected chi connectivity index (χ4v) is 5.57. The molecule has 0 radical (unpaired) electrons. The zero-order valence-corrected chi connectivity index (χ0v) is 15.4. The predicted octanol–water partition coefficient (Wildman–Crippen LogP) is 4.31. The Kier molecular flexibility index (Phi) is 3.24. The molecule has 0 amide bonds. The van der Waals surface area contributed by atoms with Crippen LogP contribution >= 0.6 is 11.3 Å². The number of aryl methyl sites for hydroxylation is 1. The molecule has 3 aliphatic rings. The van der Waals surface area contributed by atoms with Crippen LogP contribution in [0.1, 0.15) is 49.4 Å². The van der Waals surface area contributed by atoms with Crippen LogP contribution in [0.5, 0.6) is 0 Å². The second-order valence-electron chi connectivity index (χ2n) is 8.70. The minimum atomic E-state index is 0.378. The summed E-state index contributed by atoms with van der Waals surface area (Å²) in [4.78, 5) is 2.66. The van der Waals surface area contributed by atoms with E-state index >= 15 is 0 Å². The fraction of sp³-hybridized carbons (Fsp3) is 0.684. The highest BCUT2D eigenvalue weighted by molar-refractivity contribution is 7.15. The van der Waals surface area contributed by atoms with Crippen molar-refractivity contribution >= 4 is 11.3 Å². The largest absolute Gasteiger partial charge is 0.420 e. The molecule has 2 aromatic heterocycles. The van der Waals surface area contributed by atoms with Crippen LogP contribution in [0.25, 0.3) is 10.8 Å². The highest BCUT2D eigenvalue weighted by atomic mass is 32.1. The first-order chi connectivity index (χ1) is 11.5. The van der Waals surface area contributed by atoms with E-state index in [1.54, 1.807) is 0 Å². The molecule has 2 unspecified atom stereocenters. The van der Waals surface area contributed by atoms with E-state index in [1.165, 1.54) is 29.7 Å². The maximum absolute atomic E-state index is 6.03. The molecular formula is C19H24N2O2S. The number of thiophene rings is 1. The van der Waals surface area contributed by atoms with Crippen molar-refractivity contribution in [3.05, 3.63) is 22.4 Å². The van der Waals surface area contributed by atoms with Gasteiger partial charge in [-0.25, -0.2) is 0 Å². The van der Waals surface area contributed by atoms with Gasteiger partial charge in [0.25, 0.3) is 5.89 Å². The summed E-state index contributed by atoms with van der Waals surface area (Å²) in [6, 6.07) is 2.30. The summed E-state index contributed by atoms with van der Waals surface area (Å²) in [6.07, 6.45) is 3.66. The Morgan fingerprint density at radius 2 is 1.96 bits per heavy atom. The van der Waals surface area contributed by atoms with Crippen molar-refractivity contribution in [3.63, 3.8) is 0 Å². The van der Waals surface area contributed by atoms with Crippen LogP contribution in [0.3, 0.4) is 0 Å². The second kappa shape index (κ2) is 5.15.